The molecule has 0 radical (unpaired) electrons. The van der Waals surface area contributed by atoms with E-state index in [4.69, 9.17) is 14.9 Å². The van der Waals surface area contributed by atoms with Crippen LogP contribution < -0.4 is 4.74 Å². The minimum atomic E-state index is -1.02. The maximum Gasteiger partial charge on any atom is 0.344 e. The maximum atomic E-state index is 11.0. The van der Waals surface area contributed by atoms with Gasteiger partial charge in [-0.1, -0.05) is 6.92 Å². The lowest BCUT2D eigenvalue weighted by Crippen LogP contribution is -2.26. The molecule has 0 amide bonds. The van der Waals surface area contributed by atoms with Gasteiger partial charge in [0.15, 0.2) is 6.10 Å². The van der Waals surface area contributed by atoms with E-state index in [9.17, 15) is 9.59 Å². The van der Waals surface area contributed by atoms with Gasteiger partial charge in [-0.25, -0.2) is 9.59 Å². The smallest absolute Gasteiger partial charge is 0.344 e. The molecule has 0 bridgehead atoms. The van der Waals surface area contributed by atoms with E-state index in [-0.39, 0.29) is 0 Å². The van der Waals surface area contributed by atoms with Crippen LogP contribution in [0.4, 0.5) is 0 Å². The van der Waals surface area contributed by atoms with E-state index >= 15 is 0 Å². The van der Waals surface area contributed by atoms with Gasteiger partial charge in [0, 0.05) is 6.08 Å². The molecule has 20 heavy (non-hydrogen) atoms. The van der Waals surface area contributed by atoms with Crippen LogP contribution in [-0.4, -0.2) is 28.3 Å². The Balaban J connectivity index is 3.06. The molecule has 0 saturated heterocycles. The fourth-order valence-electron chi connectivity index (χ4n) is 1.88. The molecule has 0 saturated carbocycles. The fraction of sp³-hybridized carbons (Fsp3) is 0.333. The number of aliphatic carboxylic acids is 2. The lowest BCUT2D eigenvalue weighted by molar-refractivity contribution is -0.145. The van der Waals surface area contributed by atoms with Gasteiger partial charge < -0.3 is 14.9 Å². The third-order valence-electron chi connectivity index (χ3n) is 2.81. The molecule has 2 N–H and O–H groups in total. The molecular weight excluding hydrogens is 260 g/mol. The van der Waals surface area contributed by atoms with Gasteiger partial charge in [-0.2, -0.15) is 0 Å². The van der Waals surface area contributed by atoms with E-state index in [2.05, 4.69) is 0 Å². The average molecular weight is 278 g/mol. The molecule has 5 heteroatoms. The summed E-state index contributed by atoms with van der Waals surface area (Å²) >= 11 is 0. The van der Waals surface area contributed by atoms with Gasteiger partial charge in [0.2, 0.25) is 0 Å². The van der Waals surface area contributed by atoms with Crippen LogP contribution in [0, 0.1) is 13.8 Å². The first kappa shape index (κ1) is 15.8. The van der Waals surface area contributed by atoms with E-state index in [0.717, 1.165) is 22.8 Å². The Hall–Kier alpha value is -2.30. The van der Waals surface area contributed by atoms with Gasteiger partial charge in [-0.05, 0) is 55.2 Å². The van der Waals surface area contributed by atoms with Gasteiger partial charge in [-0.15, -0.1) is 0 Å². The molecule has 108 valence electrons. The summed E-state index contributed by atoms with van der Waals surface area (Å²) in [7, 11) is 0. The Kier molecular flexibility index (Phi) is 5.32. The van der Waals surface area contributed by atoms with Gasteiger partial charge >= 0.3 is 11.9 Å². The van der Waals surface area contributed by atoms with Crippen molar-refractivity contribution in [3.05, 3.63) is 34.9 Å². The zero-order valence-corrected chi connectivity index (χ0v) is 11.7. The standard InChI is InChI=1S/C15H18O5/c1-4-12(15(18)19)20-14-9(2)7-11(8-10(14)3)5-6-13(16)17/h5-8,12H,4H2,1-3H3,(H,16,17)(H,18,19). The summed E-state index contributed by atoms with van der Waals surface area (Å²) < 4.78 is 5.53. The summed E-state index contributed by atoms with van der Waals surface area (Å²) in [5.74, 6) is -1.48. The minimum absolute atomic E-state index is 0.370. The van der Waals surface area contributed by atoms with Crippen LogP contribution in [0.1, 0.15) is 30.0 Å². The molecular formula is C15H18O5. The third-order valence-corrected chi connectivity index (χ3v) is 2.81. The van der Waals surface area contributed by atoms with Crippen molar-refractivity contribution in [1.82, 2.24) is 0 Å². The van der Waals surface area contributed by atoms with Crippen molar-refractivity contribution in [1.29, 1.82) is 0 Å². The molecule has 0 spiro atoms. The maximum absolute atomic E-state index is 11.0. The number of benzene rings is 1. The monoisotopic (exact) mass is 278 g/mol. The van der Waals surface area contributed by atoms with Crippen molar-refractivity contribution in [2.24, 2.45) is 0 Å². The lowest BCUT2D eigenvalue weighted by Gasteiger charge is -2.17. The summed E-state index contributed by atoms with van der Waals surface area (Å²) in [5.41, 5.74) is 2.28. The molecule has 0 heterocycles. The van der Waals surface area contributed by atoms with Crippen LogP contribution in [-0.2, 0) is 9.59 Å². The lowest BCUT2D eigenvalue weighted by atomic mass is 10.0. The topological polar surface area (TPSA) is 83.8 Å². The zero-order chi connectivity index (χ0) is 15.3. The normalized spacial score (nSPS) is 12.3. The van der Waals surface area contributed by atoms with Crippen LogP contribution in [0.15, 0.2) is 18.2 Å². The average Bonchev–Trinajstić information content (AvgIpc) is 2.35. The number of hydrogen-bond acceptors (Lipinski definition) is 3. The Morgan fingerprint density at radius 3 is 2.20 bits per heavy atom. The second kappa shape index (κ2) is 6.75. The minimum Gasteiger partial charge on any atom is -0.479 e. The summed E-state index contributed by atoms with van der Waals surface area (Å²) in [6, 6.07) is 3.52. The SMILES string of the molecule is CCC(Oc1c(C)cc(C=CC(=O)O)cc1C)C(=O)O. The Bertz CT molecular complexity index is 522. The molecule has 0 aromatic heterocycles. The van der Waals surface area contributed by atoms with Crippen LogP contribution >= 0.6 is 0 Å². The molecule has 5 nitrogen and oxygen atoms in total. The van der Waals surface area contributed by atoms with Gasteiger partial charge in [-0.3, -0.25) is 0 Å². The molecule has 0 aliphatic rings. The predicted octanol–water partition coefficient (Wildman–Crippen LogP) is 2.64. The molecule has 1 unspecified atom stereocenters. The summed E-state index contributed by atoms with van der Waals surface area (Å²) in [5, 5.41) is 17.6. The van der Waals surface area contributed by atoms with Crippen LogP contribution in [0.3, 0.4) is 0 Å². The van der Waals surface area contributed by atoms with E-state index in [1.54, 1.807) is 32.9 Å². The number of rotatable bonds is 6. The first-order chi connectivity index (χ1) is 9.35. The molecule has 1 atom stereocenters. The van der Waals surface area contributed by atoms with E-state index in [1.807, 2.05) is 0 Å². The van der Waals surface area contributed by atoms with Crippen molar-refractivity contribution < 1.29 is 24.5 Å². The number of carboxylic acids is 2. The van der Waals surface area contributed by atoms with E-state index in [0.29, 0.717) is 12.2 Å². The Morgan fingerprint density at radius 1 is 1.25 bits per heavy atom. The van der Waals surface area contributed by atoms with E-state index in [1.165, 1.54) is 6.08 Å². The van der Waals surface area contributed by atoms with Crippen molar-refractivity contribution >= 4 is 18.0 Å². The first-order valence-corrected chi connectivity index (χ1v) is 6.26. The predicted molar refractivity (Wildman–Crippen MR) is 74.9 cm³/mol. The van der Waals surface area contributed by atoms with Crippen LogP contribution in [0.5, 0.6) is 5.75 Å². The molecule has 0 aliphatic carbocycles. The Labute approximate surface area is 117 Å². The first-order valence-electron chi connectivity index (χ1n) is 6.26. The third kappa shape index (κ3) is 4.12. The Morgan fingerprint density at radius 2 is 1.80 bits per heavy atom. The molecule has 0 aliphatic heterocycles. The molecule has 1 aromatic carbocycles. The quantitative estimate of drug-likeness (QED) is 0.781. The van der Waals surface area contributed by atoms with Crippen LogP contribution in [0.25, 0.3) is 6.08 Å². The highest BCUT2D eigenvalue weighted by Crippen LogP contribution is 2.27. The van der Waals surface area contributed by atoms with Crippen molar-refractivity contribution in [2.45, 2.75) is 33.3 Å². The van der Waals surface area contributed by atoms with Gasteiger partial charge in [0.25, 0.3) is 0 Å². The molecule has 0 fully saturated rings. The highest BCUT2D eigenvalue weighted by atomic mass is 16.5. The highest BCUT2D eigenvalue weighted by Gasteiger charge is 2.19. The summed E-state index contributed by atoms with van der Waals surface area (Å²) in [4.78, 5) is 21.5. The zero-order valence-electron chi connectivity index (χ0n) is 11.7. The van der Waals surface area contributed by atoms with Crippen molar-refractivity contribution in [3.8, 4) is 5.75 Å². The summed E-state index contributed by atoms with van der Waals surface area (Å²) in [6.45, 7) is 5.34. The number of carboxylic acid groups (broad SMARTS) is 2. The number of aryl methyl sites for hydroxylation is 2. The van der Waals surface area contributed by atoms with E-state index < -0.39 is 18.0 Å². The largest absolute Gasteiger partial charge is 0.479 e. The molecule has 1 rings (SSSR count). The molecule has 1 aromatic rings. The van der Waals surface area contributed by atoms with Gasteiger partial charge in [0.1, 0.15) is 5.75 Å². The van der Waals surface area contributed by atoms with Crippen molar-refractivity contribution in [2.75, 3.05) is 0 Å². The fourth-order valence-corrected chi connectivity index (χ4v) is 1.88. The summed E-state index contributed by atoms with van der Waals surface area (Å²) in [6.07, 6.45) is 2.03. The highest BCUT2D eigenvalue weighted by molar-refractivity contribution is 5.85. The van der Waals surface area contributed by atoms with Gasteiger partial charge in [0.05, 0.1) is 0 Å². The number of hydrogen-bond donors (Lipinski definition) is 2. The second-order valence-corrected chi connectivity index (χ2v) is 4.51. The number of carbonyl (C=O) groups is 2. The number of ether oxygens (including phenoxy) is 1. The van der Waals surface area contributed by atoms with Crippen LogP contribution in [0.2, 0.25) is 0 Å². The van der Waals surface area contributed by atoms with Crippen molar-refractivity contribution in [3.63, 3.8) is 0 Å². The second-order valence-electron chi connectivity index (χ2n) is 4.51.